The van der Waals surface area contributed by atoms with E-state index in [-0.39, 0.29) is 17.8 Å². The first kappa shape index (κ1) is 19.3. The maximum Gasteiger partial charge on any atom is 0.115 e. The van der Waals surface area contributed by atoms with Crippen LogP contribution in [0.15, 0.2) is 24.3 Å². The summed E-state index contributed by atoms with van der Waals surface area (Å²) in [7, 11) is 0. The Kier molecular flexibility index (Phi) is 7.21. The van der Waals surface area contributed by atoms with Crippen molar-refractivity contribution in [3.8, 4) is 5.75 Å². The largest absolute Gasteiger partial charge is 0.508 e. The zero-order valence-electron chi connectivity index (χ0n) is 14.5. The van der Waals surface area contributed by atoms with Crippen molar-refractivity contribution < 1.29 is 5.11 Å². The molecule has 2 rings (SSSR count). The van der Waals surface area contributed by atoms with Gasteiger partial charge in [0.05, 0.1) is 0 Å². The molecular formula is C19H32ClNO. The first-order chi connectivity index (χ1) is 9.91. The Morgan fingerprint density at radius 3 is 2.68 bits per heavy atom. The van der Waals surface area contributed by atoms with E-state index in [1.807, 2.05) is 12.1 Å². The molecule has 126 valence electrons. The number of phenols is 1. The summed E-state index contributed by atoms with van der Waals surface area (Å²) in [4.78, 5) is 2.62. The summed E-state index contributed by atoms with van der Waals surface area (Å²) in [6.45, 7) is 12.9. The van der Waals surface area contributed by atoms with Crippen LogP contribution in [-0.4, -0.2) is 29.6 Å². The summed E-state index contributed by atoms with van der Waals surface area (Å²) in [6.07, 6.45) is 3.82. The van der Waals surface area contributed by atoms with E-state index in [9.17, 15) is 5.11 Å². The van der Waals surface area contributed by atoms with Gasteiger partial charge in [0.2, 0.25) is 0 Å². The number of aromatic hydroxyl groups is 1. The summed E-state index contributed by atoms with van der Waals surface area (Å²) in [5.74, 6) is 1.82. The van der Waals surface area contributed by atoms with Crippen LogP contribution in [0.25, 0.3) is 0 Å². The Morgan fingerprint density at radius 2 is 2.09 bits per heavy atom. The van der Waals surface area contributed by atoms with Gasteiger partial charge in [-0.2, -0.15) is 0 Å². The molecule has 2 atom stereocenters. The summed E-state index contributed by atoms with van der Waals surface area (Å²) in [5.41, 5.74) is 1.48. The van der Waals surface area contributed by atoms with Crippen molar-refractivity contribution in [1.82, 2.24) is 4.90 Å². The van der Waals surface area contributed by atoms with Gasteiger partial charge in [0.25, 0.3) is 0 Å². The number of hydrogen-bond donors (Lipinski definition) is 1. The highest BCUT2D eigenvalue weighted by atomic mass is 35.5. The van der Waals surface area contributed by atoms with Gasteiger partial charge in [-0.25, -0.2) is 0 Å². The highest BCUT2D eigenvalue weighted by Gasteiger charge is 2.37. The lowest BCUT2D eigenvalue weighted by Gasteiger charge is -2.45. The van der Waals surface area contributed by atoms with Crippen LogP contribution < -0.4 is 0 Å². The summed E-state index contributed by atoms with van der Waals surface area (Å²) in [6, 6.07) is 7.85. The van der Waals surface area contributed by atoms with Crippen LogP contribution in [0, 0.1) is 11.8 Å². The molecule has 0 unspecified atom stereocenters. The molecule has 1 aromatic carbocycles. The molecule has 0 saturated carbocycles. The topological polar surface area (TPSA) is 23.5 Å². The van der Waals surface area contributed by atoms with Crippen LogP contribution in [-0.2, 0) is 5.41 Å². The van der Waals surface area contributed by atoms with Gasteiger partial charge in [-0.1, -0.05) is 39.8 Å². The number of hydrogen-bond acceptors (Lipinski definition) is 2. The fourth-order valence-electron chi connectivity index (χ4n) is 3.53. The van der Waals surface area contributed by atoms with Crippen molar-refractivity contribution in [3.63, 3.8) is 0 Å². The number of benzene rings is 1. The van der Waals surface area contributed by atoms with E-state index in [2.05, 4.69) is 38.7 Å². The number of phenolic OH excluding ortho intramolecular Hbond substituents is 1. The molecule has 0 radical (unpaired) electrons. The van der Waals surface area contributed by atoms with Crippen molar-refractivity contribution in [2.24, 2.45) is 11.8 Å². The van der Waals surface area contributed by atoms with Crippen LogP contribution in [0.3, 0.4) is 0 Å². The minimum Gasteiger partial charge on any atom is -0.508 e. The van der Waals surface area contributed by atoms with Crippen molar-refractivity contribution in [1.29, 1.82) is 0 Å². The van der Waals surface area contributed by atoms with E-state index in [1.54, 1.807) is 6.07 Å². The number of rotatable bonds is 5. The van der Waals surface area contributed by atoms with E-state index >= 15 is 0 Å². The zero-order valence-corrected chi connectivity index (χ0v) is 15.3. The van der Waals surface area contributed by atoms with Crippen molar-refractivity contribution in [2.75, 3.05) is 19.6 Å². The van der Waals surface area contributed by atoms with Crippen molar-refractivity contribution >= 4 is 12.4 Å². The van der Waals surface area contributed by atoms with Gasteiger partial charge in [0.1, 0.15) is 5.75 Å². The first-order valence-electron chi connectivity index (χ1n) is 8.43. The molecule has 2 nitrogen and oxygen atoms in total. The quantitative estimate of drug-likeness (QED) is 0.836. The van der Waals surface area contributed by atoms with Crippen LogP contribution in [0.1, 0.15) is 52.5 Å². The average Bonchev–Trinajstić information content (AvgIpc) is 2.42. The minimum atomic E-state index is 0. The zero-order chi connectivity index (χ0) is 15.5. The Labute approximate surface area is 142 Å². The van der Waals surface area contributed by atoms with Crippen LogP contribution in [0.2, 0.25) is 0 Å². The van der Waals surface area contributed by atoms with Crippen LogP contribution >= 0.6 is 12.4 Å². The predicted molar refractivity (Wildman–Crippen MR) is 97.0 cm³/mol. The van der Waals surface area contributed by atoms with Crippen molar-refractivity contribution in [3.05, 3.63) is 29.8 Å². The lowest BCUT2D eigenvalue weighted by Crippen LogP contribution is -2.47. The van der Waals surface area contributed by atoms with E-state index < -0.39 is 0 Å². The lowest BCUT2D eigenvalue weighted by molar-refractivity contribution is 0.108. The molecule has 3 heteroatoms. The van der Waals surface area contributed by atoms with E-state index in [0.29, 0.717) is 11.7 Å². The fourth-order valence-corrected chi connectivity index (χ4v) is 3.53. The maximum absolute atomic E-state index is 9.75. The van der Waals surface area contributed by atoms with Gasteiger partial charge in [0.15, 0.2) is 0 Å². The summed E-state index contributed by atoms with van der Waals surface area (Å²) < 4.78 is 0. The minimum absolute atomic E-state index is 0. The number of halogens is 1. The second kappa shape index (κ2) is 8.21. The van der Waals surface area contributed by atoms with E-state index in [4.69, 9.17) is 0 Å². The molecule has 0 spiro atoms. The highest BCUT2D eigenvalue weighted by Crippen LogP contribution is 2.40. The number of piperidine rings is 1. The second-order valence-corrected chi connectivity index (χ2v) is 7.46. The number of nitrogens with zero attached hydrogens (tertiary/aromatic N) is 1. The Bertz CT molecular complexity index is 463. The lowest BCUT2D eigenvalue weighted by atomic mass is 9.68. The summed E-state index contributed by atoms with van der Waals surface area (Å²) in [5, 5.41) is 9.75. The molecule has 1 N–H and O–H groups in total. The standard InChI is InChI=1S/C19H31NO.ClH/c1-15(2)7-6-11-20-12-10-19(4,16(3)14-20)17-8-5-9-18(21)13-17;/h5,8-9,13,15-16,21H,6-7,10-12,14H2,1-4H3;1H/t16-,19+;/m0./s1. The number of likely N-dealkylation sites (tertiary alicyclic amines) is 1. The van der Waals surface area contributed by atoms with Gasteiger partial charge in [0, 0.05) is 6.54 Å². The molecule has 22 heavy (non-hydrogen) atoms. The molecule has 1 aliphatic rings. The first-order valence-corrected chi connectivity index (χ1v) is 8.43. The summed E-state index contributed by atoms with van der Waals surface area (Å²) >= 11 is 0. The molecule has 0 aromatic heterocycles. The molecule has 1 aliphatic heterocycles. The molecule has 0 bridgehead atoms. The fraction of sp³-hybridized carbons (Fsp3) is 0.684. The van der Waals surface area contributed by atoms with Crippen LogP contribution in [0.5, 0.6) is 5.75 Å². The SMILES string of the molecule is CC(C)CCCN1CC[C@@](C)(c2cccc(O)c2)[C@@H](C)C1.Cl. The van der Waals surface area contributed by atoms with Gasteiger partial charge in [-0.05, 0) is 67.3 Å². The van der Waals surface area contributed by atoms with Gasteiger partial charge in [-0.3, -0.25) is 0 Å². The molecule has 0 aliphatic carbocycles. The van der Waals surface area contributed by atoms with E-state index in [1.165, 1.54) is 44.5 Å². The molecule has 0 amide bonds. The van der Waals surface area contributed by atoms with Gasteiger partial charge < -0.3 is 10.0 Å². The molecule has 1 fully saturated rings. The third-order valence-electron chi connectivity index (χ3n) is 5.33. The molecule has 1 aromatic rings. The van der Waals surface area contributed by atoms with Gasteiger partial charge >= 0.3 is 0 Å². The molecular weight excluding hydrogens is 294 g/mol. The third kappa shape index (κ3) is 4.63. The Morgan fingerprint density at radius 1 is 1.36 bits per heavy atom. The van der Waals surface area contributed by atoms with E-state index in [0.717, 1.165) is 5.92 Å². The van der Waals surface area contributed by atoms with Gasteiger partial charge in [-0.15, -0.1) is 12.4 Å². The average molecular weight is 326 g/mol. The predicted octanol–water partition coefficient (Wildman–Crippen LogP) is 4.85. The monoisotopic (exact) mass is 325 g/mol. The normalized spacial score (nSPS) is 26.0. The Hall–Kier alpha value is -0.730. The highest BCUT2D eigenvalue weighted by molar-refractivity contribution is 5.85. The molecule has 1 heterocycles. The second-order valence-electron chi connectivity index (χ2n) is 7.46. The third-order valence-corrected chi connectivity index (χ3v) is 5.33. The Balaban J connectivity index is 0.00000242. The molecule has 1 saturated heterocycles. The van der Waals surface area contributed by atoms with Crippen molar-refractivity contribution in [2.45, 2.75) is 52.4 Å². The maximum atomic E-state index is 9.75. The smallest absolute Gasteiger partial charge is 0.115 e. The van der Waals surface area contributed by atoms with Crippen LogP contribution in [0.4, 0.5) is 0 Å².